The molecule has 2 rings (SSSR count). The van der Waals surface area contributed by atoms with Crippen molar-refractivity contribution in [2.45, 2.75) is 17.5 Å². The summed E-state index contributed by atoms with van der Waals surface area (Å²) in [5.41, 5.74) is 1.37. The molecule has 0 aliphatic rings. The molecule has 0 amide bonds. The largest absolute Gasteiger partial charge is 0.573 e. The van der Waals surface area contributed by atoms with Crippen LogP contribution in [0.3, 0.4) is 0 Å². The van der Waals surface area contributed by atoms with Crippen molar-refractivity contribution in [3.05, 3.63) is 35.2 Å². The van der Waals surface area contributed by atoms with Crippen LogP contribution in [0.2, 0.25) is 0 Å². The zero-order valence-corrected chi connectivity index (χ0v) is 11.7. The molecule has 1 atom stereocenters. The fraction of sp³-hybridized carbons (Fsp3) is 0.167. The molecule has 0 saturated heterocycles. The lowest BCUT2D eigenvalue weighted by molar-refractivity contribution is -0.274. The molecule has 0 radical (unpaired) electrons. The average Bonchev–Trinajstić information content (AvgIpc) is 2.70. The molecular formula is C12H9F3O3S2. The van der Waals surface area contributed by atoms with Crippen LogP contribution >= 0.6 is 11.3 Å². The predicted molar refractivity (Wildman–Crippen MR) is 70.2 cm³/mol. The van der Waals surface area contributed by atoms with E-state index in [-0.39, 0.29) is 5.75 Å². The topological polar surface area (TPSA) is 46.5 Å². The number of halogens is 3. The molecule has 1 heterocycles. The van der Waals surface area contributed by atoms with Crippen LogP contribution in [0, 0.1) is 6.92 Å². The minimum absolute atomic E-state index is 0.299. The minimum atomic E-state index is -4.72. The highest BCUT2D eigenvalue weighted by Crippen LogP contribution is 2.33. The van der Waals surface area contributed by atoms with Gasteiger partial charge in [-0.3, -0.25) is 0 Å². The lowest BCUT2D eigenvalue weighted by atomic mass is 10.1. The molecule has 0 saturated carbocycles. The maximum atomic E-state index is 12.0. The summed E-state index contributed by atoms with van der Waals surface area (Å²) in [6.45, 7) is 1.77. The zero-order valence-electron chi connectivity index (χ0n) is 10.1. The molecule has 3 nitrogen and oxygen atoms in total. The number of rotatable bonds is 3. The summed E-state index contributed by atoms with van der Waals surface area (Å²) in [6, 6.07) is 6.90. The number of alkyl halides is 3. The molecule has 8 heteroatoms. The SMILES string of the molecule is Cc1sc(S(=O)O)cc1-c1ccc(OC(F)(F)F)cc1. The van der Waals surface area contributed by atoms with Crippen LogP contribution in [0.5, 0.6) is 5.75 Å². The Hall–Kier alpha value is -1.38. The quantitative estimate of drug-likeness (QED) is 0.861. The van der Waals surface area contributed by atoms with Crippen LogP contribution in [-0.4, -0.2) is 15.1 Å². The van der Waals surface area contributed by atoms with Gasteiger partial charge >= 0.3 is 6.36 Å². The van der Waals surface area contributed by atoms with Gasteiger partial charge in [-0.05, 0) is 36.2 Å². The summed E-state index contributed by atoms with van der Waals surface area (Å²) in [7, 11) is 0. The third-order valence-corrected chi connectivity index (χ3v) is 4.45. The van der Waals surface area contributed by atoms with E-state index in [1.165, 1.54) is 35.6 Å². The van der Waals surface area contributed by atoms with Crippen molar-refractivity contribution in [1.29, 1.82) is 0 Å². The highest BCUT2D eigenvalue weighted by molar-refractivity contribution is 7.81. The molecule has 0 fully saturated rings. The molecule has 1 N–H and O–H groups in total. The first-order valence-electron chi connectivity index (χ1n) is 5.34. The summed E-state index contributed by atoms with van der Waals surface area (Å²) in [5.74, 6) is -0.305. The van der Waals surface area contributed by atoms with E-state index in [2.05, 4.69) is 4.74 Å². The van der Waals surface area contributed by atoms with Gasteiger partial charge in [-0.15, -0.1) is 24.5 Å². The first-order valence-corrected chi connectivity index (χ1v) is 7.26. The summed E-state index contributed by atoms with van der Waals surface area (Å²) in [5, 5.41) is 0. The Morgan fingerprint density at radius 1 is 1.25 bits per heavy atom. The van der Waals surface area contributed by atoms with Crippen molar-refractivity contribution in [2.24, 2.45) is 0 Å². The van der Waals surface area contributed by atoms with E-state index in [9.17, 15) is 17.4 Å². The van der Waals surface area contributed by atoms with E-state index in [4.69, 9.17) is 4.55 Å². The second kappa shape index (κ2) is 5.55. The maximum absolute atomic E-state index is 12.0. The summed E-state index contributed by atoms with van der Waals surface area (Å²) >= 11 is -0.895. The Kier molecular flexibility index (Phi) is 4.17. The fourth-order valence-corrected chi connectivity index (χ4v) is 3.31. The zero-order chi connectivity index (χ0) is 14.9. The van der Waals surface area contributed by atoms with Crippen LogP contribution in [0.4, 0.5) is 13.2 Å². The van der Waals surface area contributed by atoms with Gasteiger partial charge in [0.1, 0.15) is 9.96 Å². The highest BCUT2D eigenvalue weighted by atomic mass is 32.2. The van der Waals surface area contributed by atoms with Crippen LogP contribution in [0.25, 0.3) is 11.1 Å². The van der Waals surface area contributed by atoms with Gasteiger partial charge in [0.25, 0.3) is 0 Å². The second-order valence-corrected chi connectivity index (χ2v) is 6.31. The van der Waals surface area contributed by atoms with Gasteiger partial charge in [-0.25, -0.2) is 4.21 Å². The van der Waals surface area contributed by atoms with E-state index in [1.54, 1.807) is 13.0 Å². The Morgan fingerprint density at radius 2 is 1.85 bits per heavy atom. The Bertz CT molecular complexity index is 632. The molecular weight excluding hydrogens is 313 g/mol. The Balaban J connectivity index is 2.28. The van der Waals surface area contributed by atoms with E-state index in [1.807, 2.05) is 0 Å². The Morgan fingerprint density at radius 3 is 2.30 bits per heavy atom. The third kappa shape index (κ3) is 3.59. The normalized spacial score (nSPS) is 13.2. The van der Waals surface area contributed by atoms with E-state index >= 15 is 0 Å². The number of hydrogen-bond acceptors (Lipinski definition) is 3. The van der Waals surface area contributed by atoms with Crippen molar-refractivity contribution in [3.63, 3.8) is 0 Å². The summed E-state index contributed by atoms with van der Waals surface area (Å²) < 4.78 is 60.2. The monoisotopic (exact) mass is 322 g/mol. The fourth-order valence-electron chi connectivity index (χ4n) is 1.66. The molecule has 1 aromatic carbocycles. The Labute approximate surface area is 119 Å². The number of benzene rings is 1. The second-order valence-electron chi connectivity index (χ2n) is 3.86. The summed E-state index contributed by atoms with van der Waals surface area (Å²) in [6.07, 6.45) is -4.72. The van der Waals surface area contributed by atoms with Crippen molar-refractivity contribution in [1.82, 2.24) is 0 Å². The molecule has 1 aromatic heterocycles. The van der Waals surface area contributed by atoms with Gasteiger partial charge in [-0.2, -0.15) is 0 Å². The van der Waals surface area contributed by atoms with Crippen molar-refractivity contribution >= 4 is 22.4 Å². The van der Waals surface area contributed by atoms with Crippen molar-refractivity contribution in [2.75, 3.05) is 0 Å². The van der Waals surface area contributed by atoms with Gasteiger partial charge in [0.05, 0.1) is 0 Å². The smallest absolute Gasteiger partial charge is 0.406 e. The van der Waals surface area contributed by atoms with Crippen LogP contribution < -0.4 is 4.74 Å². The van der Waals surface area contributed by atoms with Gasteiger partial charge in [0.15, 0.2) is 11.1 Å². The van der Waals surface area contributed by atoms with Gasteiger partial charge in [0.2, 0.25) is 0 Å². The summed E-state index contributed by atoms with van der Waals surface area (Å²) in [4.78, 5) is 0.812. The van der Waals surface area contributed by atoms with E-state index < -0.39 is 17.4 Å². The molecule has 20 heavy (non-hydrogen) atoms. The molecule has 0 aliphatic carbocycles. The van der Waals surface area contributed by atoms with Crippen LogP contribution in [0.15, 0.2) is 34.5 Å². The molecule has 108 valence electrons. The first kappa shape index (κ1) is 15.0. The van der Waals surface area contributed by atoms with Gasteiger partial charge in [-0.1, -0.05) is 12.1 Å². The molecule has 2 aromatic rings. The minimum Gasteiger partial charge on any atom is -0.406 e. The van der Waals surface area contributed by atoms with Crippen LogP contribution in [0.1, 0.15) is 4.88 Å². The lowest BCUT2D eigenvalue weighted by Crippen LogP contribution is -2.16. The van der Waals surface area contributed by atoms with E-state index in [0.29, 0.717) is 15.3 Å². The predicted octanol–water partition coefficient (Wildman–Crippen LogP) is 4.20. The number of hydrogen-bond donors (Lipinski definition) is 1. The number of aryl methyl sites for hydroxylation is 1. The van der Waals surface area contributed by atoms with Crippen molar-refractivity contribution in [3.8, 4) is 16.9 Å². The standard InChI is InChI=1S/C12H9F3O3S2/c1-7-10(6-11(19-7)20(16)17)8-2-4-9(5-3-8)18-12(13,14)15/h2-6H,1H3,(H,16,17). The molecule has 0 aliphatic heterocycles. The first-order chi connectivity index (χ1) is 9.26. The highest BCUT2D eigenvalue weighted by Gasteiger charge is 2.31. The number of ether oxygens (including phenoxy) is 1. The molecule has 1 unspecified atom stereocenters. The van der Waals surface area contributed by atoms with Gasteiger partial charge < -0.3 is 9.29 Å². The molecule has 0 bridgehead atoms. The average molecular weight is 322 g/mol. The van der Waals surface area contributed by atoms with Gasteiger partial charge in [0, 0.05) is 4.88 Å². The lowest BCUT2D eigenvalue weighted by Gasteiger charge is -2.09. The van der Waals surface area contributed by atoms with E-state index in [0.717, 1.165) is 4.88 Å². The molecule has 0 spiro atoms. The third-order valence-electron chi connectivity index (χ3n) is 2.47. The van der Waals surface area contributed by atoms with Crippen molar-refractivity contribution < 1.29 is 26.7 Å². The maximum Gasteiger partial charge on any atom is 0.573 e. The van der Waals surface area contributed by atoms with Crippen LogP contribution in [-0.2, 0) is 11.1 Å². The number of thiophene rings is 1.